The molecule has 0 bridgehead atoms. The average Bonchev–Trinajstić information content (AvgIpc) is 3.84. The van der Waals surface area contributed by atoms with Gasteiger partial charge in [-0.1, -0.05) is 121 Å². The predicted molar refractivity (Wildman–Crippen MR) is 228 cm³/mol. The van der Waals surface area contributed by atoms with Crippen molar-refractivity contribution >= 4 is 71.3 Å². The van der Waals surface area contributed by atoms with Crippen LogP contribution in [0.1, 0.15) is 17.7 Å². The minimum Gasteiger partial charge on any atom is -0.456 e. The second-order valence-corrected chi connectivity index (χ2v) is 14.7. The summed E-state index contributed by atoms with van der Waals surface area (Å²) in [6.45, 7) is 0. The Hall–Kier alpha value is -7.37. The molecular formula is C51H31N3O2. The molecule has 1 aliphatic carbocycles. The van der Waals surface area contributed by atoms with Crippen LogP contribution < -0.4 is 0 Å². The van der Waals surface area contributed by atoms with E-state index in [1.165, 1.54) is 21.7 Å². The van der Waals surface area contributed by atoms with E-state index in [4.69, 9.17) is 23.8 Å². The Morgan fingerprint density at radius 3 is 1.84 bits per heavy atom. The highest BCUT2D eigenvalue weighted by Gasteiger charge is 2.23. The summed E-state index contributed by atoms with van der Waals surface area (Å²) in [5, 5.41) is 10.1. The highest BCUT2D eigenvalue weighted by Crippen LogP contribution is 2.44. The predicted octanol–water partition coefficient (Wildman–Crippen LogP) is 13.6. The standard InChI is InChI=1S/C51H31N3O2/c1-3-12-32-26-36(22-20-30(32)10-1)49-52-50(37-23-21-31-11-2-4-13-33(31)27-37)54-51(53-49)41-17-9-19-44-46(41)40-25-24-35(29-45(40)55-44)42-28-34-14-5-6-15-38(34)48-47(42)39-16-7-8-18-43(39)56-48/h1-6,8-15,17-29H,7,16H2. The van der Waals surface area contributed by atoms with Crippen molar-refractivity contribution < 1.29 is 8.83 Å². The molecule has 56 heavy (non-hydrogen) atoms. The number of aryl methyl sites for hydroxylation is 1. The Bertz CT molecular complexity index is 3350. The van der Waals surface area contributed by atoms with Gasteiger partial charge in [-0.3, -0.25) is 0 Å². The van der Waals surface area contributed by atoms with E-state index >= 15 is 0 Å². The first-order valence-corrected chi connectivity index (χ1v) is 19.1. The third-order valence-electron chi connectivity index (χ3n) is 11.3. The summed E-state index contributed by atoms with van der Waals surface area (Å²) in [7, 11) is 0. The highest BCUT2D eigenvalue weighted by molar-refractivity contribution is 6.16. The molecule has 1 aliphatic rings. The Kier molecular flexibility index (Phi) is 6.69. The number of hydrogen-bond acceptors (Lipinski definition) is 5. The minimum atomic E-state index is 0.595. The molecule has 0 unspecified atom stereocenters. The maximum Gasteiger partial charge on any atom is 0.164 e. The molecule has 0 atom stereocenters. The van der Waals surface area contributed by atoms with Gasteiger partial charge in [-0.15, -0.1) is 0 Å². The first kappa shape index (κ1) is 31.0. The lowest BCUT2D eigenvalue weighted by Crippen LogP contribution is -2.00. The Morgan fingerprint density at radius 1 is 0.429 bits per heavy atom. The van der Waals surface area contributed by atoms with E-state index in [-0.39, 0.29) is 0 Å². The fraction of sp³-hybridized carbons (Fsp3) is 0.0392. The van der Waals surface area contributed by atoms with Gasteiger partial charge in [-0.25, -0.2) is 15.0 Å². The van der Waals surface area contributed by atoms with Gasteiger partial charge in [0.15, 0.2) is 17.5 Å². The van der Waals surface area contributed by atoms with E-state index in [1.807, 2.05) is 12.1 Å². The molecule has 0 radical (unpaired) electrons. The van der Waals surface area contributed by atoms with Crippen molar-refractivity contribution in [2.24, 2.45) is 0 Å². The molecule has 8 aromatic carbocycles. The van der Waals surface area contributed by atoms with Crippen molar-refractivity contribution in [2.45, 2.75) is 12.8 Å². The first-order chi connectivity index (χ1) is 27.7. The molecule has 0 spiro atoms. The Morgan fingerprint density at radius 2 is 1.09 bits per heavy atom. The molecule has 3 heterocycles. The van der Waals surface area contributed by atoms with Gasteiger partial charge in [0.25, 0.3) is 0 Å². The zero-order valence-corrected chi connectivity index (χ0v) is 30.2. The molecule has 5 nitrogen and oxygen atoms in total. The Labute approximate surface area is 321 Å². The van der Waals surface area contributed by atoms with Gasteiger partial charge in [0.05, 0.1) is 0 Å². The van der Waals surface area contributed by atoms with E-state index in [9.17, 15) is 0 Å². The molecule has 3 aromatic heterocycles. The second-order valence-electron chi connectivity index (χ2n) is 14.7. The third kappa shape index (κ3) is 4.84. The topological polar surface area (TPSA) is 65.0 Å². The van der Waals surface area contributed by atoms with Crippen LogP contribution in [-0.2, 0) is 6.42 Å². The van der Waals surface area contributed by atoms with Crippen LogP contribution in [-0.4, -0.2) is 15.0 Å². The summed E-state index contributed by atoms with van der Waals surface area (Å²) >= 11 is 0. The van der Waals surface area contributed by atoms with Crippen LogP contribution in [0.25, 0.3) is 117 Å². The molecule has 5 heteroatoms. The monoisotopic (exact) mass is 717 g/mol. The molecule has 0 fully saturated rings. The summed E-state index contributed by atoms with van der Waals surface area (Å²) in [6, 6.07) is 53.0. The van der Waals surface area contributed by atoms with Crippen molar-refractivity contribution in [3.05, 3.63) is 169 Å². The van der Waals surface area contributed by atoms with Crippen LogP contribution in [0.4, 0.5) is 0 Å². The quantitative estimate of drug-likeness (QED) is 0.181. The molecule has 12 rings (SSSR count). The van der Waals surface area contributed by atoms with E-state index in [2.05, 4.69) is 152 Å². The Balaban J connectivity index is 1.06. The summed E-state index contributed by atoms with van der Waals surface area (Å²) in [4.78, 5) is 15.5. The number of fused-ring (bicyclic) bond motifs is 10. The molecule has 11 aromatic rings. The van der Waals surface area contributed by atoms with Crippen molar-refractivity contribution in [3.63, 3.8) is 0 Å². The van der Waals surface area contributed by atoms with Gasteiger partial charge in [-0.05, 0) is 93.4 Å². The van der Waals surface area contributed by atoms with Crippen molar-refractivity contribution in [3.8, 4) is 45.3 Å². The molecule has 0 saturated carbocycles. The third-order valence-corrected chi connectivity index (χ3v) is 11.3. The normalized spacial score (nSPS) is 12.8. The zero-order valence-electron chi connectivity index (χ0n) is 30.2. The van der Waals surface area contributed by atoms with Crippen LogP contribution in [0.2, 0.25) is 0 Å². The zero-order chi connectivity index (χ0) is 36.7. The number of rotatable bonds is 4. The maximum absolute atomic E-state index is 6.69. The average molecular weight is 718 g/mol. The fourth-order valence-corrected chi connectivity index (χ4v) is 8.63. The number of nitrogens with zero attached hydrogens (tertiary/aromatic N) is 3. The molecule has 0 N–H and O–H groups in total. The lowest BCUT2D eigenvalue weighted by molar-refractivity contribution is 0.598. The minimum absolute atomic E-state index is 0.595. The van der Waals surface area contributed by atoms with Gasteiger partial charge in [-0.2, -0.15) is 0 Å². The molecule has 0 aliphatic heterocycles. The maximum atomic E-state index is 6.69. The smallest absolute Gasteiger partial charge is 0.164 e. The first-order valence-electron chi connectivity index (χ1n) is 19.1. The number of furan rings is 2. The lowest BCUT2D eigenvalue weighted by atomic mass is 9.91. The van der Waals surface area contributed by atoms with Gasteiger partial charge in [0.2, 0.25) is 0 Å². The van der Waals surface area contributed by atoms with Crippen molar-refractivity contribution in [1.82, 2.24) is 15.0 Å². The fourth-order valence-electron chi connectivity index (χ4n) is 8.63. The molecular weight excluding hydrogens is 687 g/mol. The van der Waals surface area contributed by atoms with Crippen LogP contribution >= 0.6 is 0 Å². The van der Waals surface area contributed by atoms with E-state index in [1.54, 1.807) is 0 Å². The van der Waals surface area contributed by atoms with E-state index < -0.39 is 0 Å². The van der Waals surface area contributed by atoms with Gasteiger partial charge in [0, 0.05) is 43.8 Å². The SMILES string of the molecule is C1=Cc2oc3c(c(-c4ccc5c(c4)oc4cccc(-c6nc(-c7ccc8ccccc8c7)nc(-c7ccc8ccccc8c7)n6)c45)cc4ccccc43)c2CC1. The second kappa shape index (κ2) is 12.1. The molecule has 0 amide bonds. The van der Waals surface area contributed by atoms with Gasteiger partial charge in [0.1, 0.15) is 22.5 Å². The van der Waals surface area contributed by atoms with Crippen LogP contribution in [0.3, 0.4) is 0 Å². The van der Waals surface area contributed by atoms with Gasteiger partial charge < -0.3 is 8.83 Å². The number of benzene rings is 8. The highest BCUT2D eigenvalue weighted by atomic mass is 16.3. The number of aromatic nitrogens is 3. The lowest BCUT2D eigenvalue weighted by Gasteiger charge is -2.11. The van der Waals surface area contributed by atoms with Crippen LogP contribution in [0, 0.1) is 0 Å². The largest absolute Gasteiger partial charge is 0.456 e. The number of hydrogen-bond donors (Lipinski definition) is 0. The van der Waals surface area contributed by atoms with E-state index in [0.717, 1.165) is 95.5 Å². The van der Waals surface area contributed by atoms with Crippen LogP contribution in [0.5, 0.6) is 0 Å². The van der Waals surface area contributed by atoms with Gasteiger partial charge >= 0.3 is 0 Å². The molecule has 262 valence electrons. The van der Waals surface area contributed by atoms with Crippen LogP contribution in [0.15, 0.2) is 167 Å². The summed E-state index contributed by atoms with van der Waals surface area (Å²) < 4.78 is 13.3. The summed E-state index contributed by atoms with van der Waals surface area (Å²) in [6.07, 6.45) is 6.28. The molecule has 0 saturated heterocycles. The van der Waals surface area contributed by atoms with Crippen molar-refractivity contribution in [2.75, 3.05) is 0 Å². The summed E-state index contributed by atoms with van der Waals surface area (Å²) in [5.41, 5.74) is 8.80. The number of allylic oxidation sites excluding steroid dienone is 1. The van der Waals surface area contributed by atoms with Crippen molar-refractivity contribution in [1.29, 1.82) is 0 Å². The van der Waals surface area contributed by atoms with E-state index in [0.29, 0.717) is 17.5 Å². The summed E-state index contributed by atoms with van der Waals surface area (Å²) in [5.74, 6) is 2.80.